The highest BCUT2D eigenvalue weighted by Crippen LogP contribution is 2.44. The van der Waals surface area contributed by atoms with Crippen LogP contribution in [0.1, 0.15) is 49.1 Å². The molecule has 7 nitrogen and oxygen atoms in total. The van der Waals surface area contributed by atoms with E-state index in [-0.39, 0.29) is 16.7 Å². The molecule has 1 heterocycles. The fourth-order valence-electron chi connectivity index (χ4n) is 4.79. The van der Waals surface area contributed by atoms with Gasteiger partial charge in [0.2, 0.25) is 0 Å². The lowest BCUT2D eigenvalue weighted by atomic mass is 9.84. The summed E-state index contributed by atoms with van der Waals surface area (Å²) >= 11 is 0. The lowest BCUT2D eigenvalue weighted by Crippen LogP contribution is -2.29. The van der Waals surface area contributed by atoms with E-state index in [2.05, 4.69) is 20.8 Å². The summed E-state index contributed by atoms with van der Waals surface area (Å²) in [4.78, 5) is 30.7. The molecule has 1 N–H and O–H groups in total. The van der Waals surface area contributed by atoms with Gasteiger partial charge in [-0.05, 0) is 47.2 Å². The summed E-state index contributed by atoms with van der Waals surface area (Å²) in [5, 5.41) is 11.7. The Hall–Kier alpha value is -4.26. The van der Waals surface area contributed by atoms with Crippen LogP contribution in [0.2, 0.25) is 0 Å². The van der Waals surface area contributed by atoms with Crippen molar-refractivity contribution in [2.45, 2.75) is 39.2 Å². The van der Waals surface area contributed by atoms with Crippen molar-refractivity contribution in [3.8, 4) is 11.5 Å². The van der Waals surface area contributed by atoms with Crippen molar-refractivity contribution < 1.29 is 24.2 Å². The summed E-state index contributed by atoms with van der Waals surface area (Å²) in [5.74, 6) is -0.742. The highest BCUT2D eigenvalue weighted by Gasteiger charge is 2.47. The van der Waals surface area contributed by atoms with E-state index in [0.29, 0.717) is 28.3 Å². The number of rotatable bonds is 6. The maximum Gasteiger partial charge on any atom is 0.300 e. The van der Waals surface area contributed by atoms with Crippen LogP contribution in [0.4, 0.5) is 11.4 Å². The molecule has 0 radical (unpaired) electrons. The van der Waals surface area contributed by atoms with Gasteiger partial charge in [-0.2, -0.15) is 0 Å². The zero-order valence-electron chi connectivity index (χ0n) is 23.8. The summed E-state index contributed by atoms with van der Waals surface area (Å²) < 4.78 is 10.9. The second-order valence-corrected chi connectivity index (χ2v) is 11.0. The SMILES string of the molecule is COc1cc(OC)cc(N2C(=O)C(=O)/C(=C(/O)c3cc(C(C)(C)C)ccc3C)C2c2ccc(N(C)C)cc2)c1. The molecule has 0 aliphatic carbocycles. The van der Waals surface area contributed by atoms with E-state index in [1.54, 1.807) is 18.2 Å². The molecule has 4 rings (SSSR count). The van der Waals surface area contributed by atoms with Gasteiger partial charge in [0, 0.05) is 43.5 Å². The number of benzene rings is 3. The van der Waals surface area contributed by atoms with Gasteiger partial charge in [0.15, 0.2) is 0 Å². The number of ketones is 1. The third-order valence-corrected chi connectivity index (χ3v) is 7.14. The van der Waals surface area contributed by atoms with Gasteiger partial charge in [-0.3, -0.25) is 14.5 Å². The summed E-state index contributed by atoms with van der Waals surface area (Å²) in [5.41, 5.74) is 4.28. The lowest BCUT2D eigenvalue weighted by molar-refractivity contribution is -0.132. The molecule has 1 aliphatic rings. The van der Waals surface area contributed by atoms with Gasteiger partial charge in [0.1, 0.15) is 17.3 Å². The second kappa shape index (κ2) is 10.5. The maximum absolute atomic E-state index is 13.7. The van der Waals surface area contributed by atoms with E-state index in [9.17, 15) is 14.7 Å². The van der Waals surface area contributed by atoms with Gasteiger partial charge in [-0.15, -0.1) is 0 Å². The van der Waals surface area contributed by atoms with Gasteiger partial charge in [0.05, 0.1) is 31.5 Å². The summed E-state index contributed by atoms with van der Waals surface area (Å²) in [6.07, 6.45) is 0. The maximum atomic E-state index is 13.7. The number of nitrogens with zero attached hydrogens (tertiary/aromatic N) is 2. The largest absolute Gasteiger partial charge is 0.507 e. The lowest BCUT2D eigenvalue weighted by Gasteiger charge is -2.27. The first kappa shape index (κ1) is 27.8. The Morgan fingerprint density at radius 2 is 1.49 bits per heavy atom. The number of hydrogen-bond donors (Lipinski definition) is 1. The number of carbonyl (C=O) groups is 2. The zero-order chi connectivity index (χ0) is 28.6. The van der Waals surface area contributed by atoms with E-state index >= 15 is 0 Å². The standard InChI is InChI=1S/C32H36N2O5/c1-19-9-12-21(32(2,3)4)15-26(19)29(35)27-28(20-10-13-22(14-11-20)33(5)6)34(31(37)30(27)36)23-16-24(38-7)18-25(17-23)39-8/h9-18,28,35H,1-8H3/b29-27+. The molecule has 1 saturated heterocycles. The molecule has 0 saturated carbocycles. The molecular weight excluding hydrogens is 492 g/mol. The van der Waals surface area contributed by atoms with Crippen molar-refractivity contribution in [1.82, 2.24) is 0 Å². The predicted molar refractivity (Wildman–Crippen MR) is 155 cm³/mol. The highest BCUT2D eigenvalue weighted by molar-refractivity contribution is 6.51. The first-order chi connectivity index (χ1) is 18.4. The van der Waals surface area contributed by atoms with E-state index in [1.165, 1.54) is 19.1 Å². The van der Waals surface area contributed by atoms with Crippen LogP contribution >= 0.6 is 0 Å². The Kier molecular flexibility index (Phi) is 7.46. The van der Waals surface area contributed by atoms with Crippen molar-refractivity contribution in [1.29, 1.82) is 0 Å². The number of Topliss-reactive ketones (excluding diaryl/α,β-unsaturated/α-hetero) is 1. The summed E-state index contributed by atoms with van der Waals surface area (Å²) in [6.45, 7) is 8.14. The molecule has 3 aromatic rings. The Balaban J connectivity index is 2.00. The quantitative estimate of drug-likeness (QED) is 0.240. The summed E-state index contributed by atoms with van der Waals surface area (Å²) in [7, 11) is 6.92. The number of anilines is 2. The number of hydrogen-bond acceptors (Lipinski definition) is 6. The number of methoxy groups -OCH3 is 2. The topological polar surface area (TPSA) is 79.3 Å². The number of aryl methyl sites for hydroxylation is 1. The van der Waals surface area contributed by atoms with E-state index in [1.807, 2.05) is 68.4 Å². The molecule has 1 amide bonds. The first-order valence-corrected chi connectivity index (χ1v) is 12.8. The monoisotopic (exact) mass is 528 g/mol. The zero-order valence-corrected chi connectivity index (χ0v) is 23.8. The van der Waals surface area contributed by atoms with Crippen molar-refractivity contribution in [3.63, 3.8) is 0 Å². The first-order valence-electron chi connectivity index (χ1n) is 12.8. The van der Waals surface area contributed by atoms with Gasteiger partial charge in [-0.1, -0.05) is 45.0 Å². The number of ether oxygens (including phenoxy) is 2. The van der Waals surface area contributed by atoms with Gasteiger partial charge in [0.25, 0.3) is 11.7 Å². The van der Waals surface area contributed by atoms with E-state index < -0.39 is 17.7 Å². The van der Waals surface area contributed by atoms with Crippen molar-refractivity contribution in [2.24, 2.45) is 0 Å². The number of carbonyl (C=O) groups excluding carboxylic acids is 2. The Morgan fingerprint density at radius 1 is 0.897 bits per heavy atom. The van der Waals surface area contributed by atoms with Crippen molar-refractivity contribution >= 4 is 28.8 Å². The number of amides is 1. The third-order valence-electron chi connectivity index (χ3n) is 7.14. The molecule has 0 spiro atoms. The molecular formula is C32H36N2O5. The minimum Gasteiger partial charge on any atom is -0.507 e. The molecule has 39 heavy (non-hydrogen) atoms. The Morgan fingerprint density at radius 3 is 2.00 bits per heavy atom. The minimum atomic E-state index is -0.865. The van der Waals surface area contributed by atoms with E-state index in [4.69, 9.17) is 9.47 Å². The predicted octanol–water partition coefficient (Wildman–Crippen LogP) is 6.00. The molecule has 1 atom stereocenters. The normalized spacial score (nSPS) is 16.9. The Labute approximate surface area is 230 Å². The Bertz CT molecular complexity index is 1430. The van der Waals surface area contributed by atoms with Crippen LogP contribution in [0, 0.1) is 6.92 Å². The van der Waals surface area contributed by atoms with Crippen LogP contribution in [0.5, 0.6) is 11.5 Å². The molecule has 0 bridgehead atoms. The fraction of sp³-hybridized carbons (Fsp3) is 0.312. The van der Waals surface area contributed by atoms with Crippen LogP contribution < -0.4 is 19.3 Å². The molecule has 1 unspecified atom stereocenters. The van der Waals surface area contributed by atoms with Gasteiger partial charge in [-0.25, -0.2) is 0 Å². The number of aliphatic hydroxyl groups is 1. The molecule has 3 aromatic carbocycles. The average Bonchev–Trinajstić information content (AvgIpc) is 3.17. The number of aliphatic hydroxyl groups excluding tert-OH is 1. The van der Waals surface area contributed by atoms with Crippen molar-refractivity contribution in [3.05, 3.63) is 88.5 Å². The average molecular weight is 529 g/mol. The molecule has 204 valence electrons. The van der Waals surface area contributed by atoms with Crippen LogP contribution in [-0.4, -0.2) is 45.1 Å². The molecule has 7 heteroatoms. The fourth-order valence-corrected chi connectivity index (χ4v) is 4.79. The minimum absolute atomic E-state index is 0.0357. The highest BCUT2D eigenvalue weighted by atomic mass is 16.5. The third kappa shape index (κ3) is 5.21. The molecule has 1 aliphatic heterocycles. The van der Waals surface area contributed by atoms with Gasteiger partial charge < -0.3 is 19.5 Å². The van der Waals surface area contributed by atoms with Crippen LogP contribution in [0.25, 0.3) is 5.76 Å². The van der Waals surface area contributed by atoms with Crippen LogP contribution in [-0.2, 0) is 15.0 Å². The summed E-state index contributed by atoms with van der Waals surface area (Å²) in [6, 6.07) is 17.6. The second-order valence-electron chi connectivity index (χ2n) is 11.0. The van der Waals surface area contributed by atoms with E-state index in [0.717, 1.165) is 16.8 Å². The molecule has 1 fully saturated rings. The van der Waals surface area contributed by atoms with Crippen LogP contribution in [0.3, 0.4) is 0 Å². The molecule has 0 aromatic heterocycles. The van der Waals surface area contributed by atoms with Crippen molar-refractivity contribution in [2.75, 3.05) is 38.1 Å². The van der Waals surface area contributed by atoms with Crippen LogP contribution in [0.15, 0.2) is 66.2 Å². The van der Waals surface area contributed by atoms with Gasteiger partial charge >= 0.3 is 0 Å². The smallest absolute Gasteiger partial charge is 0.300 e.